The van der Waals surface area contributed by atoms with Gasteiger partial charge in [-0.15, -0.1) is 0 Å². The van der Waals surface area contributed by atoms with Crippen molar-refractivity contribution in [3.63, 3.8) is 0 Å². The van der Waals surface area contributed by atoms with Crippen LogP contribution in [0.2, 0.25) is 5.02 Å². The van der Waals surface area contributed by atoms with Crippen LogP contribution < -0.4 is 10.1 Å². The maximum atomic E-state index is 13.7. The fourth-order valence-electron chi connectivity index (χ4n) is 2.79. The van der Waals surface area contributed by atoms with Crippen molar-refractivity contribution in [2.75, 3.05) is 12.4 Å². The molecule has 4 heteroatoms. The maximum Gasteiger partial charge on any atom is 0.137 e. The number of benzene rings is 2. The highest BCUT2D eigenvalue weighted by Crippen LogP contribution is 2.40. The average molecular weight is 306 g/mol. The molecule has 1 N–H and O–H groups in total. The van der Waals surface area contributed by atoms with Gasteiger partial charge in [0.2, 0.25) is 0 Å². The Hall–Kier alpha value is -1.74. The highest BCUT2D eigenvalue weighted by Gasteiger charge is 2.31. The summed E-state index contributed by atoms with van der Waals surface area (Å²) in [6.07, 6.45) is 1.87. The molecule has 1 aliphatic carbocycles. The van der Waals surface area contributed by atoms with E-state index in [1.807, 2.05) is 30.3 Å². The fourth-order valence-corrected chi connectivity index (χ4v) is 3.05. The number of hydrogen-bond donors (Lipinski definition) is 1. The predicted molar refractivity (Wildman–Crippen MR) is 83.8 cm³/mol. The van der Waals surface area contributed by atoms with Gasteiger partial charge >= 0.3 is 0 Å². The number of halogens is 2. The van der Waals surface area contributed by atoms with Gasteiger partial charge in [0.1, 0.15) is 11.6 Å². The molecule has 0 saturated heterocycles. The quantitative estimate of drug-likeness (QED) is 0.872. The second-order valence-electron chi connectivity index (χ2n) is 5.38. The Balaban J connectivity index is 1.60. The van der Waals surface area contributed by atoms with Crippen LogP contribution in [0.5, 0.6) is 5.75 Å². The number of nitrogens with one attached hydrogen (secondary N) is 1. The third-order valence-electron chi connectivity index (χ3n) is 4.01. The first-order chi connectivity index (χ1) is 10.2. The van der Waals surface area contributed by atoms with Crippen LogP contribution in [0.25, 0.3) is 0 Å². The second kappa shape index (κ2) is 5.94. The van der Waals surface area contributed by atoms with Gasteiger partial charge in [-0.1, -0.05) is 29.8 Å². The van der Waals surface area contributed by atoms with E-state index < -0.39 is 0 Å². The zero-order valence-corrected chi connectivity index (χ0v) is 12.5. The highest BCUT2D eigenvalue weighted by molar-refractivity contribution is 6.32. The zero-order chi connectivity index (χ0) is 14.8. The van der Waals surface area contributed by atoms with E-state index in [9.17, 15) is 4.39 Å². The van der Waals surface area contributed by atoms with Gasteiger partial charge in [0.25, 0.3) is 0 Å². The summed E-state index contributed by atoms with van der Waals surface area (Å²) in [6, 6.07) is 13.0. The molecule has 2 aromatic rings. The van der Waals surface area contributed by atoms with Crippen molar-refractivity contribution in [3.05, 3.63) is 58.9 Å². The maximum absolute atomic E-state index is 13.7. The highest BCUT2D eigenvalue weighted by atomic mass is 35.5. The molecule has 0 heterocycles. The van der Waals surface area contributed by atoms with E-state index >= 15 is 0 Å². The van der Waals surface area contributed by atoms with Gasteiger partial charge in [-0.3, -0.25) is 0 Å². The molecule has 2 nitrogen and oxygen atoms in total. The van der Waals surface area contributed by atoms with E-state index in [-0.39, 0.29) is 5.82 Å². The average Bonchev–Trinajstić information content (AvgIpc) is 2.44. The summed E-state index contributed by atoms with van der Waals surface area (Å²) in [5.41, 5.74) is 1.79. The van der Waals surface area contributed by atoms with E-state index in [1.165, 1.54) is 6.07 Å². The summed E-state index contributed by atoms with van der Waals surface area (Å²) in [6.45, 7) is 0. The molecular weight excluding hydrogens is 289 g/mol. The van der Waals surface area contributed by atoms with Crippen LogP contribution >= 0.6 is 11.6 Å². The van der Waals surface area contributed by atoms with Crippen LogP contribution in [0.1, 0.15) is 24.3 Å². The van der Waals surface area contributed by atoms with E-state index in [0.717, 1.165) is 24.1 Å². The van der Waals surface area contributed by atoms with E-state index in [4.69, 9.17) is 16.3 Å². The van der Waals surface area contributed by atoms with Gasteiger partial charge in [-0.2, -0.15) is 0 Å². The lowest BCUT2D eigenvalue weighted by atomic mass is 9.75. The summed E-state index contributed by atoms with van der Waals surface area (Å²) >= 11 is 6.10. The molecule has 0 aliphatic heterocycles. The summed E-state index contributed by atoms with van der Waals surface area (Å²) in [5, 5.41) is 4.02. The van der Waals surface area contributed by atoms with Gasteiger partial charge in [0.15, 0.2) is 0 Å². The van der Waals surface area contributed by atoms with Crippen molar-refractivity contribution in [2.45, 2.75) is 24.8 Å². The van der Waals surface area contributed by atoms with Crippen molar-refractivity contribution < 1.29 is 9.13 Å². The minimum Gasteiger partial charge on any atom is -0.495 e. The molecular formula is C17H17ClFNO. The summed E-state index contributed by atoms with van der Waals surface area (Å²) in [5.74, 6) is 0.867. The Morgan fingerprint density at radius 1 is 1.19 bits per heavy atom. The lowest BCUT2D eigenvalue weighted by Crippen LogP contribution is -2.34. The molecule has 0 atom stereocenters. The standard InChI is InChI=1S/C17H17ClFNO/c1-21-17-7-6-12(10-15(17)18)20-13-8-11(9-13)14-4-2-3-5-16(14)19/h2-7,10-11,13,20H,8-9H2,1H3. The first kappa shape index (κ1) is 14.2. The molecule has 0 amide bonds. The summed E-state index contributed by atoms with van der Waals surface area (Å²) < 4.78 is 18.8. The van der Waals surface area contributed by atoms with Crippen molar-refractivity contribution in [1.82, 2.24) is 0 Å². The number of hydrogen-bond acceptors (Lipinski definition) is 2. The molecule has 1 saturated carbocycles. The molecule has 1 fully saturated rings. The Labute approximate surface area is 128 Å². The van der Waals surface area contributed by atoms with Crippen LogP contribution in [-0.2, 0) is 0 Å². The van der Waals surface area contributed by atoms with Crippen LogP contribution in [0, 0.1) is 5.82 Å². The SMILES string of the molecule is COc1ccc(NC2CC(c3ccccc3F)C2)cc1Cl. The Bertz CT molecular complexity index is 640. The predicted octanol–water partition coefficient (Wildman–Crippen LogP) is 4.85. The van der Waals surface area contributed by atoms with E-state index in [1.54, 1.807) is 13.2 Å². The number of methoxy groups -OCH3 is 1. The van der Waals surface area contributed by atoms with Crippen LogP contribution in [0.4, 0.5) is 10.1 Å². The molecule has 0 spiro atoms. The minimum absolute atomic E-state index is 0.103. The Morgan fingerprint density at radius 2 is 1.95 bits per heavy atom. The van der Waals surface area contributed by atoms with Crippen molar-refractivity contribution in [1.29, 1.82) is 0 Å². The number of rotatable bonds is 4. The molecule has 2 aromatic carbocycles. The lowest BCUT2D eigenvalue weighted by molar-refractivity contribution is 0.363. The molecule has 0 bridgehead atoms. The topological polar surface area (TPSA) is 21.3 Å². The fraction of sp³-hybridized carbons (Fsp3) is 0.294. The lowest BCUT2D eigenvalue weighted by Gasteiger charge is -2.37. The van der Waals surface area contributed by atoms with Gasteiger partial charge in [-0.05, 0) is 48.6 Å². The van der Waals surface area contributed by atoms with Crippen LogP contribution in [0.15, 0.2) is 42.5 Å². The molecule has 21 heavy (non-hydrogen) atoms. The van der Waals surface area contributed by atoms with Crippen LogP contribution in [-0.4, -0.2) is 13.2 Å². The second-order valence-corrected chi connectivity index (χ2v) is 5.79. The van der Waals surface area contributed by atoms with E-state index in [2.05, 4.69) is 5.32 Å². The van der Waals surface area contributed by atoms with Crippen molar-refractivity contribution >= 4 is 17.3 Å². The molecule has 0 radical (unpaired) electrons. The minimum atomic E-state index is -0.103. The first-order valence-corrected chi connectivity index (χ1v) is 7.39. The van der Waals surface area contributed by atoms with E-state index in [0.29, 0.717) is 22.7 Å². The molecule has 0 aromatic heterocycles. The summed E-state index contributed by atoms with van der Waals surface area (Å²) in [4.78, 5) is 0. The van der Waals surface area contributed by atoms with Crippen LogP contribution in [0.3, 0.4) is 0 Å². The summed E-state index contributed by atoms with van der Waals surface area (Å²) in [7, 11) is 1.60. The Kier molecular flexibility index (Phi) is 4.02. The van der Waals surface area contributed by atoms with Crippen molar-refractivity contribution in [2.24, 2.45) is 0 Å². The molecule has 1 aliphatic rings. The Morgan fingerprint density at radius 3 is 2.62 bits per heavy atom. The molecule has 0 unspecified atom stereocenters. The first-order valence-electron chi connectivity index (χ1n) is 7.02. The normalized spacial score (nSPS) is 20.7. The zero-order valence-electron chi connectivity index (χ0n) is 11.8. The molecule has 3 rings (SSSR count). The van der Waals surface area contributed by atoms with Gasteiger partial charge < -0.3 is 10.1 Å². The third kappa shape index (κ3) is 2.98. The smallest absolute Gasteiger partial charge is 0.137 e. The monoisotopic (exact) mass is 305 g/mol. The van der Waals surface area contributed by atoms with Gasteiger partial charge in [0.05, 0.1) is 12.1 Å². The third-order valence-corrected chi connectivity index (χ3v) is 4.30. The number of anilines is 1. The van der Waals surface area contributed by atoms with Gasteiger partial charge in [-0.25, -0.2) is 4.39 Å². The van der Waals surface area contributed by atoms with Gasteiger partial charge in [0, 0.05) is 11.7 Å². The number of ether oxygens (including phenoxy) is 1. The largest absolute Gasteiger partial charge is 0.495 e. The van der Waals surface area contributed by atoms with Crippen molar-refractivity contribution in [3.8, 4) is 5.75 Å². The molecule has 110 valence electrons.